The summed E-state index contributed by atoms with van der Waals surface area (Å²) in [4.78, 5) is 51.9. The Morgan fingerprint density at radius 1 is 1.06 bits per heavy atom. The zero-order valence-corrected chi connectivity index (χ0v) is 17.5. The van der Waals surface area contributed by atoms with Crippen LogP contribution in [0, 0.1) is 0 Å². The second-order valence-electron chi connectivity index (χ2n) is 7.37. The summed E-state index contributed by atoms with van der Waals surface area (Å²) in [7, 11) is 0. The first-order valence-corrected chi connectivity index (χ1v) is 10.8. The lowest BCUT2D eigenvalue weighted by Crippen LogP contribution is -2.44. The topological polar surface area (TPSA) is 99.9 Å². The van der Waals surface area contributed by atoms with Gasteiger partial charge in [0.25, 0.3) is 11.1 Å². The minimum absolute atomic E-state index is 0.147. The van der Waals surface area contributed by atoms with Crippen LogP contribution in [0.4, 0.5) is 4.79 Å². The average molecular weight is 439 g/mol. The number of aromatic carboxylic acids is 1. The summed E-state index contributed by atoms with van der Waals surface area (Å²) in [6.45, 7) is 1.07. The van der Waals surface area contributed by atoms with Crippen molar-refractivity contribution in [1.82, 2.24) is 14.4 Å². The Balaban J connectivity index is 1.54. The normalized spacial score (nSPS) is 18.1. The number of hydrogen-bond acceptors (Lipinski definition) is 5. The molecule has 0 saturated carbocycles. The highest BCUT2D eigenvalue weighted by Crippen LogP contribution is 2.32. The Labute approximate surface area is 183 Å². The van der Waals surface area contributed by atoms with Gasteiger partial charge in [0.15, 0.2) is 0 Å². The minimum atomic E-state index is -1.03. The van der Waals surface area contributed by atoms with Crippen molar-refractivity contribution in [1.29, 1.82) is 0 Å². The first-order valence-electron chi connectivity index (χ1n) is 9.98. The van der Waals surface area contributed by atoms with Gasteiger partial charge in [-0.05, 0) is 67.4 Å². The number of carboxylic acid groups (broad SMARTS) is 1. The summed E-state index contributed by atoms with van der Waals surface area (Å²) < 4.78 is 1.74. The third-order valence-corrected chi connectivity index (χ3v) is 6.21. The summed E-state index contributed by atoms with van der Waals surface area (Å²) in [6, 6.07) is 9.96. The molecular formula is C22H21N3O5S. The van der Waals surface area contributed by atoms with E-state index in [1.54, 1.807) is 46.0 Å². The number of nitrogens with zero attached hydrogens (tertiary/aromatic N) is 3. The second-order valence-corrected chi connectivity index (χ2v) is 8.36. The van der Waals surface area contributed by atoms with Crippen LogP contribution >= 0.6 is 11.8 Å². The first-order chi connectivity index (χ1) is 14.9. The van der Waals surface area contributed by atoms with Crippen LogP contribution in [0.2, 0.25) is 0 Å². The van der Waals surface area contributed by atoms with Crippen LogP contribution < -0.4 is 0 Å². The van der Waals surface area contributed by atoms with Crippen LogP contribution in [-0.2, 0) is 9.59 Å². The highest BCUT2D eigenvalue weighted by molar-refractivity contribution is 8.18. The number of aromatic nitrogens is 1. The minimum Gasteiger partial charge on any atom is -0.478 e. The molecule has 0 unspecified atom stereocenters. The second kappa shape index (κ2) is 8.81. The number of piperidine rings is 1. The molecule has 3 amide bonds. The molecule has 0 atom stereocenters. The smallest absolute Gasteiger partial charge is 0.335 e. The van der Waals surface area contributed by atoms with Crippen LogP contribution in [0.3, 0.4) is 0 Å². The molecule has 1 aromatic carbocycles. The van der Waals surface area contributed by atoms with E-state index in [2.05, 4.69) is 0 Å². The standard InChI is InChI=1S/C22H21N3O5S/c26-19(23-9-2-1-3-10-23)14-25-20(27)18(31-22(25)30)13-17-8-5-11-24(17)16-7-4-6-15(12-16)21(28)29/h4-8,11-13H,1-3,9-10,14H2,(H,28,29)/b18-13-. The van der Waals surface area contributed by atoms with Crippen LogP contribution in [0.5, 0.6) is 0 Å². The Bertz CT molecular complexity index is 1080. The molecule has 160 valence electrons. The predicted molar refractivity (Wildman–Crippen MR) is 116 cm³/mol. The highest BCUT2D eigenvalue weighted by atomic mass is 32.2. The van der Waals surface area contributed by atoms with Crippen molar-refractivity contribution in [2.75, 3.05) is 19.6 Å². The lowest BCUT2D eigenvalue weighted by molar-refractivity contribution is -0.136. The number of carboxylic acids is 1. The van der Waals surface area contributed by atoms with Gasteiger partial charge in [-0.1, -0.05) is 6.07 Å². The number of benzene rings is 1. The van der Waals surface area contributed by atoms with Crippen LogP contribution in [-0.4, -0.2) is 62.1 Å². The highest BCUT2D eigenvalue weighted by Gasteiger charge is 2.37. The zero-order valence-electron chi connectivity index (χ0n) is 16.7. The van der Waals surface area contributed by atoms with Gasteiger partial charge >= 0.3 is 5.97 Å². The molecule has 0 radical (unpaired) electrons. The lowest BCUT2D eigenvalue weighted by atomic mass is 10.1. The number of amides is 3. The summed E-state index contributed by atoms with van der Waals surface area (Å²) in [5.41, 5.74) is 1.39. The quantitative estimate of drug-likeness (QED) is 0.718. The molecule has 2 saturated heterocycles. The zero-order chi connectivity index (χ0) is 22.0. The van der Waals surface area contributed by atoms with E-state index in [1.807, 2.05) is 0 Å². The summed E-state index contributed by atoms with van der Waals surface area (Å²) in [6.07, 6.45) is 6.30. The average Bonchev–Trinajstić information content (AvgIpc) is 3.34. The molecule has 2 aromatic rings. The van der Waals surface area contributed by atoms with Gasteiger partial charge in [-0.3, -0.25) is 19.3 Å². The summed E-state index contributed by atoms with van der Waals surface area (Å²) in [5.74, 6) is -1.74. The first kappa shape index (κ1) is 20.9. The van der Waals surface area contributed by atoms with Crippen LogP contribution in [0.25, 0.3) is 11.8 Å². The van der Waals surface area contributed by atoms with Gasteiger partial charge in [-0.15, -0.1) is 0 Å². The van der Waals surface area contributed by atoms with Crippen molar-refractivity contribution in [3.8, 4) is 5.69 Å². The van der Waals surface area contributed by atoms with Gasteiger partial charge < -0.3 is 14.6 Å². The fourth-order valence-electron chi connectivity index (χ4n) is 3.68. The molecule has 2 fully saturated rings. The van der Waals surface area contributed by atoms with E-state index >= 15 is 0 Å². The molecule has 1 N–H and O–H groups in total. The third kappa shape index (κ3) is 4.41. The van der Waals surface area contributed by atoms with Crippen molar-refractivity contribution in [2.45, 2.75) is 19.3 Å². The maximum Gasteiger partial charge on any atom is 0.335 e. The van der Waals surface area contributed by atoms with Gasteiger partial charge in [0.1, 0.15) is 6.54 Å². The van der Waals surface area contributed by atoms with Crippen molar-refractivity contribution in [3.63, 3.8) is 0 Å². The van der Waals surface area contributed by atoms with Crippen LogP contribution in [0.15, 0.2) is 47.5 Å². The summed E-state index contributed by atoms with van der Waals surface area (Å²) in [5, 5.41) is 8.76. The fourth-order valence-corrected chi connectivity index (χ4v) is 4.51. The van der Waals surface area contributed by atoms with Gasteiger partial charge in [0, 0.05) is 30.7 Å². The third-order valence-electron chi connectivity index (χ3n) is 5.31. The number of imide groups is 1. The van der Waals surface area contributed by atoms with E-state index in [-0.39, 0.29) is 22.9 Å². The van der Waals surface area contributed by atoms with E-state index in [0.29, 0.717) is 24.5 Å². The molecular weight excluding hydrogens is 418 g/mol. The van der Waals surface area contributed by atoms with Gasteiger partial charge in [0.05, 0.1) is 10.5 Å². The number of rotatable bonds is 5. The van der Waals surface area contributed by atoms with E-state index in [1.165, 1.54) is 12.1 Å². The maximum atomic E-state index is 12.8. The van der Waals surface area contributed by atoms with Crippen molar-refractivity contribution in [3.05, 3.63) is 58.8 Å². The molecule has 0 spiro atoms. The van der Waals surface area contributed by atoms with Gasteiger partial charge in [-0.25, -0.2) is 4.79 Å². The fraction of sp³-hybridized carbons (Fsp3) is 0.273. The van der Waals surface area contributed by atoms with Gasteiger partial charge in [-0.2, -0.15) is 0 Å². The molecule has 1 aromatic heterocycles. The van der Waals surface area contributed by atoms with Crippen LogP contribution in [0.1, 0.15) is 35.3 Å². The molecule has 31 heavy (non-hydrogen) atoms. The molecule has 0 aliphatic carbocycles. The van der Waals surface area contributed by atoms with Crippen molar-refractivity contribution < 1.29 is 24.3 Å². The molecule has 8 nitrogen and oxygen atoms in total. The molecule has 9 heteroatoms. The lowest BCUT2D eigenvalue weighted by Gasteiger charge is -2.27. The number of carbonyl (C=O) groups excluding carboxylic acids is 3. The number of hydrogen-bond donors (Lipinski definition) is 1. The Hall–Kier alpha value is -3.33. The number of carbonyl (C=O) groups is 4. The van der Waals surface area contributed by atoms with Crippen molar-refractivity contribution in [2.24, 2.45) is 0 Å². The van der Waals surface area contributed by atoms with E-state index in [0.717, 1.165) is 35.9 Å². The SMILES string of the molecule is O=C(O)c1cccc(-n2cccc2/C=C2\SC(=O)N(CC(=O)N3CCCCC3)C2=O)c1. The Kier molecular flexibility index (Phi) is 5.94. The maximum absolute atomic E-state index is 12.8. The molecule has 0 bridgehead atoms. The largest absolute Gasteiger partial charge is 0.478 e. The van der Waals surface area contributed by atoms with E-state index in [4.69, 9.17) is 0 Å². The summed E-state index contributed by atoms with van der Waals surface area (Å²) >= 11 is 0.801. The Morgan fingerprint density at radius 2 is 1.84 bits per heavy atom. The monoisotopic (exact) mass is 439 g/mol. The molecule has 3 heterocycles. The van der Waals surface area contributed by atoms with E-state index in [9.17, 15) is 24.3 Å². The van der Waals surface area contributed by atoms with E-state index < -0.39 is 17.1 Å². The number of thioether (sulfide) groups is 1. The predicted octanol–water partition coefficient (Wildman–Crippen LogP) is 3.22. The van der Waals surface area contributed by atoms with Crippen molar-refractivity contribution >= 4 is 40.9 Å². The molecule has 4 rings (SSSR count). The molecule has 2 aliphatic rings. The Morgan fingerprint density at radius 3 is 2.58 bits per heavy atom. The number of likely N-dealkylation sites (tertiary alicyclic amines) is 1. The van der Waals surface area contributed by atoms with Gasteiger partial charge in [0.2, 0.25) is 5.91 Å². The molecule has 2 aliphatic heterocycles.